The standard InChI is InChI=1S/C42H52N2O11/c1-25(2)35(53-40(49)55-42(7,8)9)34(44-38(47)51-24-32-30-21-15-13-19-28(30)29-20-14-16-22-31(29)32)37(46)52-26(3)33(43-39(48)54-41(4,5)6)36(45)50-23-27-17-11-10-12-18-27/h10-22,25-26,32-35H,23-24H2,1-9H3,(H,43,48)(H,44,47)/t26-,33+,34+,35-/m1/s1. The minimum Gasteiger partial charge on any atom is -0.459 e. The molecule has 4 atom stereocenters. The van der Waals surface area contributed by atoms with Gasteiger partial charge in [-0.3, -0.25) is 0 Å². The number of carbonyl (C=O) groups excluding carboxylic acids is 5. The highest BCUT2D eigenvalue weighted by molar-refractivity contribution is 5.85. The van der Waals surface area contributed by atoms with E-state index in [2.05, 4.69) is 10.6 Å². The van der Waals surface area contributed by atoms with Crippen molar-refractivity contribution in [2.24, 2.45) is 5.92 Å². The van der Waals surface area contributed by atoms with E-state index in [0.717, 1.165) is 22.3 Å². The number of amides is 2. The molecular weight excluding hydrogens is 708 g/mol. The molecule has 13 heteroatoms. The van der Waals surface area contributed by atoms with Crippen LogP contribution in [0.15, 0.2) is 78.9 Å². The zero-order valence-electron chi connectivity index (χ0n) is 32.9. The first-order chi connectivity index (χ1) is 25.8. The summed E-state index contributed by atoms with van der Waals surface area (Å²) in [5.41, 5.74) is 2.88. The van der Waals surface area contributed by atoms with E-state index in [0.29, 0.717) is 5.56 Å². The van der Waals surface area contributed by atoms with E-state index in [9.17, 15) is 24.0 Å². The van der Waals surface area contributed by atoms with E-state index in [1.54, 1.807) is 79.7 Å². The van der Waals surface area contributed by atoms with E-state index in [-0.39, 0.29) is 19.1 Å². The normalized spacial score (nSPS) is 14.6. The quantitative estimate of drug-likeness (QED) is 0.131. The zero-order valence-corrected chi connectivity index (χ0v) is 32.9. The van der Waals surface area contributed by atoms with Crippen LogP contribution in [0.3, 0.4) is 0 Å². The van der Waals surface area contributed by atoms with Crippen molar-refractivity contribution in [1.82, 2.24) is 10.6 Å². The minimum absolute atomic E-state index is 0.0631. The molecule has 1 aliphatic rings. The first-order valence-corrected chi connectivity index (χ1v) is 18.2. The highest BCUT2D eigenvalue weighted by atomic mass is 16.7. The minimum atomic E-state index is -1.65. The van der Waals surface area contributed by atoms with Crippen LogP contribution >= 0.6 is 0 Å². The van der Waals surface area contributed by atoms with Crippen LogP contribution in [0, 0.1) is 5.92 Å². The molecule has 3 aromatic carbocycles. The highest BCUT2D eigenvalue weighted by Gasteiger charge is 2.41. The van der Waals surface area contributed by atoms with Crippen molar-refractivity contribution in [3.8, 4) is 11.1 Å². The summed E-state index contributed by atoms with van der Waals surface area (Å²) in [6, 6.07) is 21.3. The Morgan fingerprint density at radius 2 is 1.15 bits per heavy atom. The Morgan fingerprint density at radius 3 is 1.69 bits per heavy atom. The van der Waals surface area contributed by atoms with Crippen molar-refractivity contribution in [2.45, 2.75) is 110 Å². The van der Waals surface area contributed by atoms with Gasteiger partial charge in [-0.1, -0.05) is 92.7 Å². The number of nitrogens with one attached hydrogen (secondary N) is 2. The number of hydrogen-bond donors (Lipinski definition) is 2. The second-order valence-electron chi connectivity index (χ2n) is 15.6. The van der Waals surface area contributed by atoms with Crippen LogP contribution in [0.2, 0.25) is 0 Å². The summed E-state index contributed by atoms with van der Waals surface area (Å²) in [7, 11) is 0. The molecule has 4 rings (SSSR count). The lowest BCUT2D eigenvalue weighted by Gasteiger charge is -2.32. The second-order valence-corrected chi connectivity index (χ2v) is 15.6. The molecule has 0 saturated heterocycles. The maximum atomic E-state index is 14.1. The third-order valence-corrected chi connectivity index (χ3v) is 8.40. The molecule has 0 saturated carbocycles. The molecule has 0 spiro atoms. The van der Waals surface area contributed by atoms with Gasteiger partial charge >= 0.3 is 30.3 Å². The van der Waals surface area contributed by atoms with Crippen LogP contribution in [-0.4, -0.2) is 72.4 Å². The molecule has 2 N–H and O–H groups in total. The van der Waals surface area contributed by atoms with E-state index in [4.69, 9.17) is 28.4 Å². The van der Waals surface area contributed by atoms with Crippen molar-refractivity contribution < 1.29 is 52.4 Å². The average molecular weight is 761 g/mol. The number of ether oxygens (including phenoxy) is 6. The average Bonchev–Trinajstić information content (AvgIpc) is 3.42. The lowest BCUT2D eigenvalue weighted by Crippen LogP contribution is -2.56. The van der Waals surface area contributed by atoms with Gasteiger partial charge < -0.3 is 39.1 Å². The Kier molecular flexibility index (Phi) is 13.9. The molecule has 2 amide bonds. The van der Waals surface area contributed by atoms with Crippen LogP contribution in [0.4, 0.5) is 14.4 Å². The van der Waals surface area contributed by atoms with Gasteiger partial charge in [0, 0.05) is 5.92 Å². The van der Waals surface area contributed by atoms with E-state index < -0.39 is 71.7 Å². The second kappa shape index (κ2) is 18.2. The molecule has 296 valence electrons. The summed E-state index contributed by atoms with van der Waals surface area (Å²) in [5.74, 6) is -2.85. The van der Waals surface area contributed by atoms with E-state index in [1.807, 2.05) is 54.6 Å². The van der Waals surface area contributed by atoms with Gasteiger partial charge in [0.2, 0.25) is 0 Å². The number of esters is 2. The van der Waals surface area contributed by atoms with E-state index in [1.165, 1.54) is 6.92 Å². The Hall–Kier alpha value is -5.59. The van der Waals surface area contributed by atoms with Crippen LogP contribution in [0.1, 0.15) is 84.9 Å². The van der Waals surface area contributed by atoms with Crippen LogP contribution in [-0.2, 0) is 44.6 Å². The van der Waals surface area contributed by atoms with Gasteiger partial charge in [-0.2, -0.15) is 0 Å². The maximum absolute atomic E-state index is 14.1. The zero-order chi connectivity index (χ0) is 40.5. The van der Waals surface area contributed by atoms with E-state index >= 15 is 0 Å². The smallest absolute Gasteiger partial charge is 0.459 e. The number of carbonyl (C=O) groups is 5. The van der Waals surface area contributed by atoms with Crippen molar-refractivity contribution >= 4 is 30.3 Å². The molecule has 0 bridgehead atoms. The van der Waals surface area contributed by atoms with Crippen molar-refractivity contribution in [1.29, 1.82) is 0 Å². The number of hydrogen-bond acceptors (Lipinski definition) is 11. The predicted octanol–water partition coefficient (Wildman–Crippen LogP) is 7.44. The molecule has 55 heavy (non-hydrogen) atoms. The number of fused-ring (bicyclic) bond motifs is 3. The summed E-state index contributed by atoms with van der Waals surface area (Å²) < 4.78 is 33.3. The van der Waals surface area contributed by atoms with Gasteiger partial charge in [0.15, 0.2) is 12.1 Å². The van der Waals surface area contributed by atoms with Crippen molar-refractivity contribution in [3.63, 3.8) is 0 Å². The fraction of sp³-hybridized carbons (Fsp3) is 0.452. The Morgan fingerprint density at radius 1 is 0.618 bits per heavy atom. The largest absolute Gasteiger partial charge is 0.509 e. The Bertz CT molecular complexity index is 1770. The van der Waals surface area contributed by atoms with Crippen molar-refractivity contribution in [2.75, 3.05) is 6.61 Å². The third-order valence-electron chi connectivity index (χ3n) is 8.40. The molecule has 0 aromatic heterocycles. The van der Waals surface area contributed by atoms with Crippen LogP contribution in [0.25, 0.3) is 11.1 Å². The molecule has 0 radical (unpaired) electrons. The molecule has 3 aromatic rings. The topological polar surface area (TPSA) is 165 Å². The Labute approximate surface area is 322 Å². The fourth-order valence-corrected chi connectivity index (χ4v) is 5.96. The lowest BCUT2D eigenvalue weighted by atomic mass is 9.98. The predicted molar refractivity (Wildman–Crippen MR) is 203 cm³/mol. The van der Waals surface area contributed by atoms with Gasteiger partial charge in [0.1, 0.15) is 36.6 Å². The molecule has 1 aliphatic carbocycles. The summed E-state index contributed by atoms with van der Waals surface area (Å²) in [6.07, 6.45) is -5.72. The molecule has 0 heterocycles. The lowest BCUT2D eigenvalue weighted by molar-refractivity contribution is -0.162. The van der Waals surface area contributed by atoms with Gasteiger partial charge in [-0.05, 0) is 82.2 Å². The van der Waals surface area contributed by atoms with Gasteiger partial charge in [-0.25, -0.2) is 24.0 Å². The number of benzene rings is 3. The maximum Gasteiger partial charge on any atom is 0.509 e. The SMILES string of the molecule is CC(C)[C@@H](OC(=O)OC(C)(C)C)[C@H](NC(=O)OCC1c2ccccc2-c2ccccc21)C(=O)O[C@H](C)[C@H](NC(=O)OC(C)(C)C)C(=O)OCc1ccccc1. The molecule has 0 aliphatic heterocycles. The molecular formula is C42H52N2O11. The van der Waals surface area contributed by atoms with Crippen LogP contribution in [0.5, 0.6) is 0 Å². The fourth-order valence-electron chi connectivity index (χ4n) is 5.96. The number of alkyl carbamates (subject to hydrolysis) is 2. The molecule has 0 fully saturated rings. The first-order valence-electron chi connectivity index (χ1n) is 18.2. The van der Waals surface area contributed by atoms with Gasteiger partial charge in [-0.15, -0.1) is 0 Å². The molecule has 13 nitrogen and oxygen atoms in total. The molecule has 0 unspecified atom stereocenters. The first kappa shape index (κ1) is 42.2. The van der Waals surface area contributed by atoms with Crippen molar-refractivity contribution in [3.05, 3.63) is 95.6 Å². The number of rotatable bonds is 13. The van der Waals surface area contributed by atoms with Gasteiger partial charge in [0.25, 0.3) is 0 Å². The summed E-state index contributed by atoms with van der Waals surface area (Å²) in [6.45, 7) is 14.4. The highest BCUT2D eigenvalue weighted by Crippen LogP contribution is 2.44. The summed E-state index contributed by atoms with van der Waals surface area (Å²) in [4.78, 5) is 66.8. The Balaban J connectivity index is 1.57. The third kappa shape index (κ3) is 12.2. The summed E-state index contributed by atoms with van der Waals surface area (Å²) in [5, 5.41) is 4.98. The monoisotopic (exact) mass is 760 g/mol. The van der Waals surface area contributed by atoms with Crippen LogP contribution < -0.4 is 10.6 Å². The summed E-state index contributed by atoms with van der Waals surface area (Å²) >= 11 is 0. The van der Waals surface area contributed by atoms with Gasteiger partial charge in [0.05, 0.1) is 0 Å².